The summed E-state index contributed by atoms with van der Waals surface area (Å²) in [4.78, 5) is 41.3. The third kappa shape index (κ3) is 8.19. The predicted octanol–water partition coefficient (Wildman–Crippen LogP) is 3.92. The zero-order valence-corrected chi connectivity index (χ0v) is 23.4. The summed E-state index contributed by atoms with van der Waals surface area (Å²) in [7, 11) is 0. The molecule has 1 aliphatic rings. The Labute approximate surface area is 252 Å². The summed E-state index contributed by atoms with van der Waals surface area (Å²) in [6.45, 7) is 2.68. The highest BCUT2D eigenvalue weighted by Crippen LogP contribution is 2.35. The number of aliphatic carboxylic acids is 2. The molecule has 0 aliphatic carbocycles. The fourth-order valence-electron chi connectivity index (χ4n) is 4.09. The van der Waals surface area contributed by atoms with Gasteiger partial charge < -0.3 is 26.2 Å². The van der Waals surface area contributed by atoms with Crippen molar-refractivity contribution in [2.45, 2.75) is 37.9 Å². The number of hydrogen-bond acceptors (Lipinski definition) is 8. The minimum absolute atomic E-state index is 0.0894. The first kappa shape index (κ1) is 34.6. The van der Waals surface area contributed by atoms with Gasteiger partial charge in [0.2, 0.25) is 0 Å². The van der Waals surface area contributed by atoms with Crippen LogP contribution in [-0.4, -0.2) is 83.7 Å². The van der Waals surface area contributed by atoms with Crippen LogP contribution in [0.4, 0.5) is 42.4 Å². The van der Waals surface area contributed by atoms with Gasteiger partial charge in [0.1, 0.15) is 23.9 Å². The van der Waals surface area contributed by atoms with Crippen molar-refractivity contribution in [3.05, 3.63) is 53.2 Å². The van der Waals surface area contributed by atoms with E-state index in [4.69, 9.17) is 37.1 Å². The van der Waals surface area contributed by atoms with Crippen molar-refractivity contribution >= 4 is 52.2 Å². The number of anilines is 2. The molecular weight excluding hydrogens is 649 g/mol. The van der Waals surface area contributed by atoms with E-state index in [1.165, 1.54) is 4.52 Å². The minimum atomic E-state index is -5.08. The van der Waals surface area contributed by atoms with Crippen molar-refractivity contribution < 1.29 is 55.3 Å². The number of amides is 1. The Morgan fingerprint density at radius 2 is 1.73 bits per heavy atom. The Kier molecular flexibility index (Phi) is 10.3. The fourth-order valence-corrected chi connectivity index (χ4v) is 4.34. The van der Waals surface area contributed by atoms with Gasteiger partial charge in [0.05, 0.1) is 29.3 Å². The molecule has 5 heterocycles. The molecule has 13 nitrogen and oxygen atoms in total. The molecule has 1 amide bonds. The lowest BCUT2D eigenvalue weighted by Crippen LogP contribution is -2.31. The second kappa shape index (κ2) is 13.4. The van der Waals surface area contributed by atoms with E-state index in [0.29, 0.717) is 23.6 Å². The zero-order valence-electron chi connectivity index (χ0n) is 22.6. The normalized spacial score (nSPS) is 15.6. The molecule has 21 heteroatoms. The molecule has 0 spiro atoms. The lowest BCUT2D eigenvalue weighted by Gasteiger charge is -2.26. The molecule has 0 bridgehead atoms. The molecule has 0 radical (unpaired) electrons. The predicted molar refractivity (Wildman–Crippen MR) is 143 cm³/mol. The first-order valence-electron chi connectivity index (χ1n) is 12.4. The molecule has 0 saturated carbocycles. The van der Waals surface area contributed by atoms with Crippen LogP contribution in [0.5, 0.6) is 0 Å². The Morgan fingerprint density at radius 3 is 2.27 bits per heavy atom. The summed E-state index contributed by atoms with van der Waals surface area (Å²) in [5, 5.41) is 21.8. The van der Waals surface area contributed by atoms with E-state index < -0.39 is 42.4 Å². The number of carbonyl (C=O) groups is 3. The van der Waals surface area contributed by atoms with Gasteiger partial charge in [-0.2, -0.15) is 26.3 Å². The Bertz CT molecular complexity index is 1680. The van der Waals surface area contributed by atoms with Crippen molar-refractivity contribution in [1.29, 1.82) is 0 Å². The number of halogens is 8. The van der Waals surface area contributed by atoms with Gasteiger partial charge in [-0.1, -0.05) is 11.6 Å². The first-order valence-corrected chi connectivity index (χ1v) is 12.7. The van der Waals surface area contributed by atoms with Crippen LogP contribution in [0.1, 0.15) is 35.3 Å². The number of nitrogens with zero attached hydrogens (tertiary/aromatic N) is 6. The summed E-state index contributed by atoms with van der Waals surface area (Å²) >= 11 is 6.48. The van der Waals surface area contributed by atoms with E-state index in [-0.39, 0.29) is 17.9 Å². The molecule has 4 aromatic heterocycles. The van der Waals surface area contributed by atoms with Crippen LogP contribution in [0.2, 0.25) is 5.02 Å². The number of nitrogens with two attached hydrogens (primary N) is 1. The smallest absolute Gasteiger partial charge is 0.475 e. The summed E-state index contributed by atoms with van der Waals surface area (Å²) in [5.41, 5.74) is 8.02. The molecule has 1 aliphatic heterocycles. The number of alkyl halides is 7. The highest BCUT2D eigenvalue weighted by molar-refractivity contribution is 6.34. The van der Waals surface area contributed by atoms with Gasteiger partial charge in [-0.05, 0) is 25.5 Å². The third-order valence-electron chi connectivity index (χ3n) is 6.03. The Balaban J connectivity index is 0.000000331. The van der Waals surface area contributed by atoms with Crippen molar-refractivity contribution in [2.24, 2.45) is 0 Å². The molecule has 1 fully saturated rings. The minimum Gasteiger partial charge on any atom is -0.475 e. The number of aromatic nitrogens is 5. The van der Waals surface area contributed by atoms with Crippen LogP contribution in [0.3, 0.4) is 0 Å². The van der Waals surface area contributed by atoms with Crippen LogP contribution >= 0.6 is 11.6 Å². The number of carboxylic acid groups (broad SMARTS) is 2. The number of pyridine rings is 1. The Morgan fingerprint density at radius 1 is 1.13 bits per heavy atom. The number of imidazole rings is 1. The average Bonchev–Trinajstić information content (AvgIpc) is 3.66. The molecule has 45 heavy (non-hydrogen) atoms. The van der Waals surface area contributed by atoms with Crippen molar-refractivity contribution in [2.75, 3.05) is 23.7 Å². The highest BCUT2D eigenvalue weighted by atomic mass is 35.5. The first-order chi connectivity index (χ1) is 20.8. The van der Waals surface area contributed by atoms with Crippen LogP contribution in [0.15, 0.2) is 37.1 Å². The molecule has 0 aromatic carbocycles. The molecular formula is C24H22ClF7N8O5. The third-order valence-corrected chi connectivity index (χ3v) is 6.33. The fraction of sp³-hybridized carbons (Fsp3) is 0.333. The van der Waals surface area contributed by atoms with Gasteiger partial charge in [0, 0.05) is 24.5 Å². The maximum Gasteiger partial charge on any atom is 0.490 e. The quantitative estimate of drug-likeness (QED) is 0.233. The number of nitrogen functional groups attached to an aromatic ring is 1. The summed E-state index contributed by atoms with van der Waals surface area (Å²) in [6.07, 6.45) is -4.08. The second-order valence-corrected chi connectivity index (χ2v) is 9.61. The van der Waals surface area contributed by atoms with E-state index in [9.17, 15) is 35.5 Å². The van der Waals surface area contributed by atoms with Crippen LogP contribution in [0, 0.1) is 0 Å². The molecule has 4 aromatic rings. The maximum atomic E-state index is 14.0. The topological polar surface area (TPSA) is 180 Å². The van der Waals surface area contributed by atoms with Crippen molar-refractivity contribution in [1.82, 2.24) is 29.3 Å². The number of carboxylic acids is 2. The van der Waals surface area contributed by atoms with E-state index >= 15 is 0 Å². The van der Waals surface area contributed by atoms with Gasteiger partial charge in [0.25, 0.3) is 5.91 Å². The monoisotopic (exact) mass is 670 g/mol. The summed E-state index contributed by atoms with van der Waals surface area (Å²) in [5.74, 6) is -5.07. The van der Waals surface area contributed by atoms with Gasteiger partial charge in [-0.3, -0.25) is 9.20 Å². The lowest BCUT2D eigenvalue weighted by atomic mass is 10.1. The standard InChI is InChI=1S/C20H20ClFN8O.2C2HF3O2/c1-11(26-19(31)16-17(23)27-30-5-2-4-25-18(16)30)13-7-14(21)15-8-24-10-29(15)20(13)28-6-3-12(22)9-28;2*3-2(4,5)1(6)7/h2,4-5,7-8,10-12H,3,6,9H2,1H3,(H2,23,27)(H,26,31);2*(H,6,7)/t11?,12-;;/m0../s1. The lowest BCUT2D eigenvalue weighted by molar-refractivity contribution is -0.193. The zero-order chi connectivity index (χ0) is 33.9. The molecule has 1 saturated heterocycles. The average molecular weight is 671 g/mol. The van der Waals surface area contributed by atoms with Gasteiger partial charge >= 0.3 is 24.3 Å². The highest BCUT2D eigenvalue weighted by Gasteiger charge is 2.39. The molecule has 1 unspecified atom stereocenters. The Hall–Kier alpha value is -4.88. The number of rotatable bonds is 4. The van der Waals surface area contributed by atoms with Crippen molar-refractivity contribution in [3.63, 3.8) is 0 Å². The van der Waals surface area contributed by atoms with E-state index in [0.717, 1.165) is 16.9 Å². The van der Waals surface area contributed by atoms with E-state index in [2.05, 4.69) is 20.4 Å². The summed E-state index contributed by atoms with van der Waals surface area (Å²) in [6, 6.07) is 3.04. The van der Waals surface area contributed by atoms with E-state index in [1.54, 1.807) is 37.1 Å². The van der Waals surface area contributed by atoms with E-state index in [1.807, 2.05) is 16.2 Å². The number of nitrogens with one attached hydrogen (secondary N) is 1. The van der Waals surface area contributed by atoms with Gasteiger partial charge in [-0.25, -0.2) is 28.5 Å². The number of carbonyl (C=O) groups excluding carboxylic acids is 1. The SMILES string of the molecule is CC(NC(=O)c1c(N)nn2cccnc12)c1cc(Cl)c2cncn2c1N1CC[C@H](F)C1.O=C(O)C(F)(F)F.O=C(O)C(F)(F)F. The summed E-state index contributed by atoms with van der Waals surface area (Å²) < 4.78 is 80.8. The van der Waals surface area contributed by atoms with Crippen LogP contribution in [0.25, 0.3) is 11.2 Å². The van der Waals surface area contributed by atoms with Gasteiger partial charge in [-0.15, -0.1) is 5.10 Å². The number of fused-ring (bicyclic) bond motifs is 2. The largest absolute Gasteiger partial charge is 0.490 e. The van der Waals surface area contributed by atoms with Crippen LogP contribution in [-0.2, 0) is 9.59 Å². The van der Waals surface area contributed by atoms with Crippen LogP contribution < -0.4 is 16.0 Å². The molecule has 244 valence electrons. The van der Waals surface area contributed by atoms with Gasteiger partial charge in [0.15, 0.2) is 11.5 Å². The van der Waals surface area contributed by atoms with Crippen molar-refractivity contribution in [3.8, 4) is 0 Å². The molecule has 5 rings (SSSR count). The maximum absolute atomic E-state index is 14.0. The number of hydrogen-bond donors (Lipinski definition) is 4. The second-order valence-electron chi connectivity index (χ2n) is 9.20. The molecule has 2 atom stereocenters. The molecule has 5 N–H and O–H groups in total.